The van der Waals surface area contributed by atoms with Crippen LogP contribution in [-0.4, -0.2) is 32.8 Å². The molecule has 5 heteroatoms. The quantitative estimate of drug-likeness (QED) is 0.711. The molecule has 1 unspecified atom stereocenters. The summed E-state index contributed by atoms with van der Waals surface area (Å²) >= 11 is 0. The minimum absolute atomic E-state index is 0.420. The van der Waals surface area contributed by atoms with E-state index in [0.717, 1.165) is 5.92 Å². The number of rotatable bonds is 6. The molecule has 2 N–H and O–H groups in total. The fourth-order valence-electron chi connectivity index (χ4n) is 1.72. The van der Waals surface area contributed by atoms with Gasteiger partial charge in [-0.2, -0.15) is 0 Å². The lowest BCUT2D eigenvalue weighted by atomic mass is 10.1. The van der Waals surface area contributed by atoms with Crippen molar-refractivity contribution in [3.8, 4) is 0 Å². The molecule has 1 aliphatic rings. The number of hydrogen-bond donors (Lipinski definition) is 2. The maximum atomic E-state index is 11.1. The Bertz CT molecular complexity index is 307. The first-order chi connectivity index (χ1) is 6.70. The van der Waals surface area contributed by atoms with Crippen molar-refractivity contribution in [2.24, 2.45) is 5.92 Å². The monoisotopic (exact) mass is 234 g/mol. The van der Waals surface area contributed by atoms with Gasteiger partial charge in [-0.15, -0.1) is 0 Å². The van der Waals surface area contributed by atoms with Crippen molar-refractivity contribution in [3.05, 3.63) is 0 Å². The molecule has 1 atom stereocenters. The van der Waals surface area contributed by atoms with Crippen LogP contribution < -0.4 is 10.0 Å². The first-order valence-corrected chi connectivity index (χ1v) is 7.31. The number of sulfonamides is 1. The van der Waals surface area contributed by atoms with Crippen LogP contribution in [-0.2, 0) is 10.0 Å². The van der Waals surface area contributed by atoms with Crippen LogP contribution in [0, 0.1) is 5.92 Å². The van der Waals surface area contributed by atoms with E-state index in [9.17, 15) is 8.42 Å². The summed E-state index contributed by atoms with van der Waals surface area (Å²) in [5.41, 5.74) is -0.420. The van der Waals surface area contributed by atoms with Crippen molar-refractivity contribution >= 4 is 10.0 Å². The van der Waals surface area contributed by atoms with Crippen LogP contribution in [0.2, 0.25) is 0 Å². The van der Waals surface area contributed by atoms with E-state index in [0.29, 0.717) is 12.6 Å². The molecule has 0 bridgehead atoms. The molecule has 0 aromatic carbocycles. The Hall–Kier alpha value is -0.130. The Kier molecular flexibility index (Phi) is 3.79. The van der Waals surface area contributed by atoms with Crippen molar-refractivity contribution in [2.75, 3.05) is 12.8 Å². The molecule has 1 saturated carbocycles. The third-order valence-electron chi connectivity index (χ3n) is 2.66. The number of nitrogens with one attached hydrogen (secondary N) is 2. The van der Waals surface area contributed by atoms with Crippen LogP contribution in [0.5, 0.6) is 0 Å². The molecule has 4 nitrogen and oxygen atoms in total. The van der Waals surface area contributed by atoms with E-state index in [2.05, 4.69) is 17.0 Å². The molecule has 0 aliphatic heterocycles. The zero-order valence-corrected chi connectivity index (χ0v) is 10.8. The largest absolute Gasteiger partial charge is 0.312 e. The predicted molar refractivity (Wildman–Crippen MR) is 62.2 cm³/mol. The Morgan fingerprint density at radius 1 is 1.40 bits per heavy atom. The average molecular weight is 234 g/mol. The Balaban J connectivity index is 2.34. The standard InChI is InChI=1S/C10H22N2O2S/c1-8(9-5-6-9)11-7-10(2,3)12-15(4,13)14/h8-9,11-12H,5-7H2,1-4H3. The molecule has 0 amide bonds. The van der Waals surface area contributed by atoms with Crippen LogP contribution in [0.3, 0.4) is 0 Å². The fourth-order valence-corrected chi connectivity index (χ4v) is 2.79. The van der Waals surface area contributed by atoms with Crippen LogP contribution in [0.25, 0.3) is 0 Å². The van der Waals surface area contributed by atoms with Crippen molar-refractivity contribution in [2.45, 2.75) is 45.2 Å². The molecule has 0 saturated heterocycles. The summed E-state index contributed by atoms with van der Waals surface area (Å²) in [5.74, 6) is 0.791. The highest BCUT2D eigenvalue weighted by Gasteiger charge is 2.29. The fraction of sp³-hybridized carbons (Fsp3) is 1.00. The summed E-state index contributed by atoms with van der Waals surface area (Å²) in [4.78, 5) is 0. The Morgan fingerprint density at radius 3 is 2.33 bits per heavy atom. The van der Waals surface area contributed by atoms with Gasteiger partial charge >= 0.3 is 0 Å². The van der Waals surface area contributed by atoms with Crippen molar-refractivity contribution < 1.29 is 8.42 Å². The maximum absolute atomic E-state index is 11.1. The van der Waals surface area contributed by atoms with Gasteiger partial charge < -0.3 is 5.32 Å². The molecule has 15 heavy (non-hydrogen) atoms. The molecule has 0 heterocycles. The predicted octanol–water partition coefficient (Wildman–Crippen LogP) is 0.702. The van der Waals surface area contributed by atoms with Gasteiger partial charge in [0.15, 0.2) is 0 Å². The van der Waals surface area contributed by atoms with Crippen LogP contribution in [0.4, 0.5) is 0 Å². The highest BCUT2D eigenvalue weighted by molar-refractivity contribution is 7.88. The van der Waals surface area contributed by atoms with Gasteiger partial charge in [0.25, 0.3) is 0 Å². The second-order valence-electron chi connectivity index (χ2n) is 5.27. The van der Waals surface area contributed by atoms with E-state index in [-0.39, 0.29) is 0 Å². The van der Waals surface area contributed by atoms with E-state index < -0.39 is 15.6 Å². The average Bonchev–Trinajstić information content (AvgIpc) is 2.77. The van der Waals surface area contributed by atoms with E-state index in [4.69, 9.17) is 0 Å². The minimum atomic E-state index is -3.12. The lowest BCUT2D eigenvalue weighted by molar-refractivity contribution is 0.381. The molecular formula is C10H22N2O2S. The van der Waals surface area contributed by atoms with Gasteiger partial charge in [-0.1, -0.05) is 0 Å². The van der Waals surface area contributed by atoms with Gasteiger partial charge in [-0.3, -0.25) is 0 Å². The first kappa shape index (κ1) is 12.9. The smallest absolute Gasteiger partial charge is 0.209 e. The second-order valence-corrected chi connectivity index (χ2v) is 7.01. The van der Waals surface area contributed by atoms with Crippen LogP contribution in [0.15, 0.2) is 0 Å². The summed E-state index contributed by atoms with van der Waals surface area (Å²) in [5, 5.41) is 3.38. The summed E-state index contributed by atoms with van der Waals surface area (Å²) in [6.07, 6.45) is 3.79. The van der Waals surface area contributed by atoms with Gasteiger partial charge in [-0.25, -0.2) is 13.1 Å². The van der Waals surface area contributed by atoms with Crippen molar-refractivity contribution in [3.63, 3.8) is 0 Å². The van der Waals surface area contributed by atoms with Crippen LogP contribution in [0.1, 0.15) is 33.6 Å². The molecule has 0 aromatic heterocycles. The third-order valence-corrected chi connectivity index (χ3v) is 3.58. The summed E-state index contributed by atoms with van der Waals surface area (Å²) in [6, 6.07) is 0.491. The summed E-state index contributed by atoms with van der Waals surface area (Å²) in [7, 11) is -3.12. The molecule has 0 radical (unpaired) electrons. The highest BCUT2D eigenvalue weighted by Crippen LogP contribution is 2.32. The topological polar surface area (TPSA) is 58.2 Å². The first-order valence-electron chi connectivity index (χ1n) is 5.42. The lowest BCUT2D eigenvalue weighted by Crippen LogP contribution is -2.51. The lowest BCUT2D eigenvalue weighted by Gasteiger charge is -2.27. The molecule has 1 fully saturated rings. The zero-order valence-electron chi connectivity index (χ0n) is 10.0. The zero-order chi connectivity index (χ0) is 11.7. The molecule has 0 spiro atoms. The van der Waals surface area contributed by atoms with Crippen molar-refractivity contribution in [1.82, 2.24) is 10.0 Å². The molecule has 1 rings (SSSR count). The van der Waals surface area contributed by atoms with Gasteiger partial charge in [0, 0.05) is 18.1 Å². The van der Waals surface area contributed by atoms with E-state index >= 15 is 0 Å². The molecule has 90 valence electrons. The summed E-state index contributed by atoms with van der Waals surface area (Å²) in [6.45, 7) is 6.60. The molecular weight excluding hydrogens is 212 g/mol. The van der Waals surface area contributed by atoms with Gasteiger partial charge in [0.2, 0.25) is 10.0 Å². The SMILES string of the molecule is CC(NCC(C)(C)NS(C)(=O)=O)C1CC1. The molecule has 1 aliphatic carbocycles. The molecule has 0 aromatic rings. The summed E-state index contributed by atoms with van der Waals surface area (Å²) < 4.78 is 24.8. The second kappa shape index (κ2) is 4.39. The highest BCUT2D eigenvalue weighted by atomic mass is 32.2. The minimum Gasteiger partial charge on any atom is -0.312 e. The van der Waals surface area contributed by atoms with E-state index in [1.807, 2.05) is 13.8 Å². The Morgan fingerprint density at radius 2 is 1.93 bits per heavy atom. The maximum Gasteiger partial charge on any atom is 0.209 e. The normalized spacial score (nSPS) is 20.3. The number of hydrogen-bond acceptors (Lipinski definition) is 3. The van der Waals surface area contributed by atoms with Crippen molar-refractivity contribution in [1.29, 1.82) is 0 Å². The van der Waals surface area contributed by atoms with E-state index in [1.165, 1.54) is 19.1 Å². The third kappa shape index (κ3) is 5.49. The Labute approximate surface area is 92.9 Å². The van der Waals surface area contributed by atoms with Gasteiger partial charge in [-0.05, 0) is 39.5 Å². The van der Waals surface area contributed by atoms with E-state index in [1.54, 1.807) is 0 Å². The van der Waals surface area contributed by atoms with Crippen LogP contribution >= 0.6 is 0 Å². The van der Waals surface area contributed by atoms with Gasteiger partial charge in [0.1, 0.15) is 0 Å². The van der Waals surface area contributed by atoms with Gasteiger partial charge in [0.05, 0.1) is 6.26 Å².